The van der Waals surface area contributed by atoms with Crippen molar-refractivity contribution in [3.05, 3.63) is 29.8 Å². The van der Waals surface area contributed by atoms with Crippen molar-refractivity contribution in [2.45, 2.75) is 25.7 Å². The molecule has 5 heteroatoms. The molecular formula is C12H20N2O2S. The van der Waals surface area contributed by atoms with Gasteiger partial charge in [0, 0.05) is 5.69 Å². The summed E-state index contributed by atoms with van der Waals surface area (Å²) in [6.07, 6.45) is 1.78. The fourth-order valence-electron chi connectivity index (χ4n) is 1.86. The lowest BCUT2D eigenvalue weighted by Gasteiger charge is -2.16. The molecule has 0 amide bonds. The van der Waals surface area contributed by atoms with Crippen LogP contribution in [0.5, 0.6) is 0 Å². The third-order valence-electron chi connectivity index (χ3n) is 2.75. The number of hydrogen-bond donors (Lipinski definition) is 2. The molecule has 0 aliphatic rings. The van der Waals surface area contributed by atoms with Gasteiger partial charge in [0.1, 0.15) is 0 Å². The van der Waals surface area contributed by atoms with Crippen molar-refractivity contribution in [3.63, 3.8) is 0 Å². The summed E-state index contributed by atoms with van der Waals surface area (Å²) in [5.41, 5.74) is 7.39. The molecule has 1 unspecified atom stereocenters. The number of hydrogen-bond acceptors (Lipinski definition) is 3. The Morgan fingerprint density at radius 2 is 2.12 bits per heavy atom. The van der Waals surface area contributed by atoms with E-state index >= 15 is 0 Å². The van der Waals surface area contributed by atoms with Crippen LogP contribution >= 0.6 is 0 Å². The second-order valence-corrected chi connectivity index (χ2v) is 6.11. The molecule has 0 saturated carbocycles. The van der Waals surface area contributed by atoms with Crippen LogP contribution in [-0.2, 0) is 10.0 Å². The molecule has 0 saturated heterocycles. The highest BCUT2D eigenvalue weighted by Crippen LogP contribution is 2.24. The first-order chi connectivity index (χ1) is 7.98. The first kappa shape index (κ1) is 14.0. The van der Waals surface area contributed by atoms with E-state index in [1.54, 1.807) is 6.07 Å². The van der Waals surface area contributed by atoms with Crippen LogP contribution in [-0.4, -0.2) is 21.2 Å². The molecule has 1 aromatic rings. The maximum Gasteiger partial charge on any atom is 0.211 e. The minimum Gasteiger partial charge on any atom is -0.399 e. The van der Waals surface area contributed by atoms with Crippen LogP contribution in [0.1, 0.15) is 31.2 Å². The minimum absolute atomic E-state index is 0.000880. The van der Waals surface area contributed by atoms with Crippen molar-refractivity contribution in [2.75, 3.05) is 18.5 Å². The van der Waals surface area contributed by atoms with Crippen LogP contribution < -0.4 is 10.5 Å². The van der Waals surface area contributed by atoms with Gasteiger partial charge < -0.3 is 5.73 Å². The molecule has 1 rings (SSSR count). The summed E-state index contributed by atoms with van der Waals surface area (Å²) in [7, 11) is -1.75. The summed E-state index contributed by atoms with van der Waals surface area (Å²) in [6.45, 7) is 2.05. The normalized spacial score (nSPS) is 13.5. The molecular weight excluding hydrogens is 236 g/mol. The van der Waals surface area contributed by atoms with E-state index in [0.717, 1.165) is 18.4 Å². The Bertz CT molecular complexity index is 457. The van der Waals surface area contributed by atoms with Gasteiger partial charge in [-0.1, -0.05) is 25.5 Å². The highest BCUT2D eigenvalue weighted by molar-refractivity contribution is 7.89. The smallest absolute Gasteiger partial charge is 0.211 e. The topological polar surface area (TPSA) is 72.2 Å². The first-order valence-electron chi connectivity index (χ1n) is 5.75. The fraction of sp³-hybridized carbons (Fsp3) is 0.500. The number of sulfonamides is 1. The van der Waals surface area contributed by atoms with Gasteiger partial charge in [-0.2, -0.15) is 0 Å². The first-order valence-corrected chi connectivity index (χ1v) is 7.40. The van der Waals surface area contributed by atoms with Gasteiger partial charge >= 0.3 is 0 Å². The molecule has 0 heterocycles. The molecule has 0 aromatic heterocycles. The molecule has 96 valence electrons. The molecule has 1 atom stereocenters. The van der Waals surface area contributed by atoms with Crippen molar-refractivity contribution >= 4 is 15.7 Å². The van der Waals surface area contributed by atoms with E-state index in [1.807, 2.05) is 25.1 Å². The highest BCUT2D eigenvalue weighted by Gasteiger charge is 2.18. The Balaban J connectivity index is 2.93. The molecule has 0 aliphatic carbocycles. The largest absolute Gasteiger partial charge is 0.399 e. The zero-order valence-corrected chi connectivity index (χ0v) is 11.1. The summed E-state index contributed by atoms with van der Waals surface area (Å²) in [6, 6.07) is 7.45. The lowest BCUT2D eigenvalue weighted by molar-refractivity contribution is 0.571. The van der Waals surface area contributed by atoms with E-state index < -0.39 is 10.0 Å². The van der Waals surface area contributed by atoms with Gasteiger partial charge in [0.05, 0.1) is 5.75 Å². The van der Waals surface area contributed by atoms with Crippen LogP contribution in [0.4, 0.5) is 5.69 Å². The Hall–Kier alpha value is -1.07. The molecule has 0 radical (unpaired) electrons. The number of anilines is 1. The van der Waals surface area contributed by atoms with E-state index in [2.05, 4.69) is 4.72 Å². The molecule has 3 N–H and O–H groups in total. The van der Waals surface area contributed by atoms with Crippen LogP contribution in [0.15, 0.2) is 24.3 Å². The van der Waals surface area contributed by atoms with Gasteiger partial charge in [-0.3, -0.25) is 0 Å². The van der Waals surface area contributed by atoms with Crippen LogP contribution in [0.25, 0.3) is 0 Å². The van der Waals surface area contributed by atoms with E-state index in [0.29, 0.717) is 5.69 Å². The summed E-state index contributed by atoms with van der Waals surface area (Å²) < 4.78 is 25.6. The molecule has 1 aromatic carbocycles. The van der Waals surface area contributed by atoms with Gasteiger partial charge in [-0.15, -0.1) is 0 Å². The zero-order chi connectivity index (χ0) is 12.9. The number of nitrogens with two attached hydrogens (primary N) is 1. The summed E-state index contributed by atoms with van der Waals surface area (Å²) in [4.78, 5) is 0. The van der Waals surface area contributed by atoms with Crippen LogP contribution in [0.3, 0.4) is 0 Å². The Kier molecular flexibility index (Phi) is 4.96. The lowest BCUT2D eigenvalue weighted by atomic mass is 9.96. The van der Waals surface area contributed by atoms with Crippen molar-refractivity contribution in [1.29, 1.82) is 0 Å². The second kappa shape index (κ2) is 6.02. The van der Waals surface area contributed by atoms with E-state index in [4.69, 9.17) is 5.73 Å². The molecule has 0 bridgehead atoms. The Morgan fingerprint density at radius 1 is 1.41 bits per heavy atom. The van der Waals surface area contributed by atoms with E-state index in [1.165, 1.54) is 7.05 Å². The number of nitrogens with one attached hydrogen (secondary N) is 1. The predicted molar refractivity (Wildman–Crippen MR) is 71.3 cm³/mol. The zero-order valence-electron chi connectivity index (χ0n) is 10.3. The van der Waals surface area contributed by atoms with Crippen molar-refractivity contribution in [1.82, 2.24) is 4.72 Å². The van der Waals surface area contributed by atoms with Crippen molar-refractivity contribution < 1.29 is 8.42 Å². The highest BCUT2D eigenvalue weighted by atomic mass is 32.2. The van der Waals surface area contributed by atoms with Gasteiger partial charge in [0.15, 0.2) is 0 Å². The second-order valence-electron chi connectivity index (χ2n) is 4.14. The number of rotatable bonds is 6. The van der Waals surface area contributed by atoms with Crippen LogP contribution in [0.2, 0.25) is 0 Å². The van der Waals surface area contributed by atoms with E-state index in [9.17, 15) is 8.42 Å². The number of benzene rings is 1. The third-order valence-corrected chi connectivity index (χ3v) is 4.21. The SMILES string of the molecule is CCCC(CS(=O)(=O)NC)c1cccc(N)c1. The maximum atomic E-state index is 11.6. The van der Waals surface area contributed by atoms with Crippen LogP contribution in [0, 0.1) is 0 Å². The summed E-state index contributed by atoms with van der Waals surface area (Å²) in [5.74, 6) is 0.113. The average Bonchev–Trinajstić information content (AvgIpc) is 2.28. The minimum atomic E-state index is -3.19. The lowest BCUT2D eigenvalue weighted by Crippen LogP contribution is -2.26. The molecule has 0 spiro atoms. The quantitative estimate of drug-likeness (QED) is 0.761. The summed E-state index contributed by atoms with van der Waals surface area (Å²) >= 11 is 0. The molecule has 0 fully saturated rings. The standard InChI is InChI=1S/C12H20N2O2S/c1-3-5-11(9-17(15,16)14-2)10-6-4-7-12(13)8-10/h4,6-8,11,14H,3,5,9,13H2,1-2H3. The maximum absolute atomic E-state index is 11.6. The molecule has 4 nitrogen and oxygen atoms in total. The monoisotopic (exact) mass is 256 g/mol. The molecule has 0 aliphatic heterocycles. The van der Waals surface area contributed by atoms with Gasteiger partial charge in [0.2, 0.25) is 10.0 Å². The van der Waals surface area contributed by atoms with Gasteiger partial charge in [-0.05, 0) is 37.1 Å². The summed E-state index contributed by atoms with van der Waals surface area (Å²) in [5, 5.41) is 0. The van der Waals surface area contributed by atoms with E-state index in [-0.39, 0.29) is 11.7 Å². The van der Waals surface area contributed by atoms with Crippen molar-refractivity contribution in [2.24, 2.45) is 0 Å². The Labute approximate surface area is 103 Å². The average molecular weight is 256 g/mol. The fourth-order valence-corrected chi connectivity index (χ4v) is 2.91. The van der Waals surface area contributed by atoms with Gasteiger partial charge in [-0.25, -0.2) is 13.1 Å². The number of nitrogen functional groups attached to an aromatic ring is 1. The third kappa shape index (κ3) is 4.36. The molecule has 17 heavy (non-hydrogen) atoms. The van der Waals surface area contributed by atoms with Crippen molar-refractivity contribution in [3.8, 4) is 0 Å². The van der Waals surface area contributed by atoms with Gasteiger partial charge in [0.25, 0.3) is 0 Å². The predicted octanol–water partition coefficient (Wildman–Crippen LogP) is 1.70. The Morgan fingerprint density at radius 3 is 2.65 bits per heavy atom.